The van der Waals surface area contributed by atoms with E-state index in [1.807, 2.05) is 0 Å². The first-order valence-electron chi connectivity index (χ1n) is 6.35. The molecule has 2 rings (SSSR count). The van der Waals surface area contributed by atoms with Crippen molar-refractivity contribution in [2.24, 2.45) is 0 Å². The molecule has 114 valence electrons. The Balaban J connectivity index is 2.17. The van der Waals surface area contributed by atoms with Crippen molar-refractivity contribution in [1.82, 2.24) is 5.32 Å². The van der Waals surface area contributed by atoms with E-state index in [-0.39, 0.29) is 26.9 Å². The molecular formula is C13H14Cl2N2O4. The minimum absolute atomic E-state index is 0.000145. The highest BCUT2D eigenvalue weighted by Crippen LogP contribution is 2.35. The predicted octanol–water partition coefficient (Wildman–Crippen LogP) is 3.20. The van der Waals surface area contributed by atoms with Crippen LogP contribution >= 0.6 is 23.2 Å². The molecule has 1 N–H and O–H groups in total. The topological polar surface area (TPSA) is 81.5 Å². The molecular weight excluding hydrogens is 319 g/mol. The van der Waals surface area contributed by atoms with Crippen LogP contribution in [0.1, 0.15) is 29.6 Å². The molecule has 0 aliphatic heterocycles. The number of methoxy groups -OCH3 is 1. The Kier molecular flexibility index (Phi) is 4.70. The van der Waals surface area contributed by atoms with E-state index in [1.54, 1.807) is 7.11 Å². The molecule has 6 nitrogen and oxygen atoms in total. The zero-order chi connectivity index (χ0) is 15.6. The van der Waals surface area contributed by atoms with Gasteiger partial charge in [0.25, 0.3) is 11.6 Å². The van der Waals surface area contributed by atoms with E-state index in [2.05, 4.69) is 5.32 Å². The first kappa shape index (κ1) is 16.0. The van der Waals surface area contributed by atoms with E-state index in [0.29, 0.717) is 6.54 Å². The summed E-state index contributed by atoms with van der Waals surface area (Å²) in [7, 11) is 1.60. The Bertz CT molecular complexity index is 582. The Morgan fingerprint density at radius 2 is 2.14 bits per heavy atom. The van der Waals surface area contributed by atoms with Gasteiger partial charge in [-0.2, -0.15) is 0 Å². The van der Waals surface area contributed by atoms with Crippen LogP contribution in [0.15, 0.2) is 12.1 Å². The van der Waals surface area contributed by atoms with Gasteiger partial charge in [0.2, 0.25) is 0 Å². The number of nitrogens with one attached hydrogen (secondary N) is 1. The lowest BCUT2D eigenvalue weighted by molar-refractivity contribution is -0.384. The summed E-state index contributed by atoms with van der Waals surface area (Å²) in [5.41, 5.74) is -0.631. The van der Waals surface area contributed by atoms with Crippen LogP contribution in [-0.2, 0) is 4.74 Å². The molecule has 0 heterocycles. The maximum atomic E-state index is 12.2. The van der Waals surface area contributed by atoms with Gasteiger partial charge in [0.05, 0.1) is 26.1 Å². The van der Waals surface area contributed by atoms with Crippen LogP contribution in [0.3, 0.4) is 0 Å². The fourth-order valence-electron chi connectivity index (χ4n) is 2.21. The lowest BCUT2D eigenvalue weighted by Crippen LogP contribution is -2.49. The number of rotatable bonds is 5. The standard InChI is InChI=1S/C13H14Cl2N2O4/c1-21-13(3-2-4-13)7-16-12(18)9-5-8(17(19)20)6-10(14)11(9)15/h5-6H,2-4,7H2,1H3,(H,16,18). The average molecular weight is 333 g/mol. The number of halogens is 2. The number of nitro benzene ring substituents is 1. The number of hydrogen-bond acceptors (Lipinski definition) is 4. The summed E-state index contributed by atoms with van der Waals surface area (Å²) in [6.45, 7) is 0.332. The zero-order valence-electron chi connectivity index (χ0n) is 11.3. The fraction of sp³-hybridized carbons (Fsp3) is 0.462. The number of carbonyl (C=O) groups is 1. The van der Waals surface area contributed by atoms with Crippen molar-refractivity contribution >= 4 is 34.8 Å². The molecule has 1 saturated carbocycles. The normalized spacial score (nSPS) is 16.1. The summed E-state index contributed by atoms with van der Waals surface area (Å²) in [6.07, 6.45) is 2.79. The van der Waals surface area contributed by atoms with Gasteiger partial charge in [-0.25, -0.2) is 0 Å². The van der Waals surface area contributed by atoms with Crippen LogP contribution in [0.25, 0.3) is 0 Å². The van der Waals surface area contributed by atoms with Crippen molar-refractivity contribution in [3.63, 3.8) is 0 Å². The van der Waals surface area contributed by atoms with Crippen LogP contribution in [0.2, 0.25) is 10.0 Å². The van der Waals surface area contributed by atoms with Crippen molar-refractivity contribution in [3.8, 4) is 0 Å². The largest absolute Gasteiger partial charge is 0.376 e. The number of nitrogens with zero attached hydrogens (tertiary/aromatic N) is 1. The van der Waals surface area contributed by atoms with Gasteiger partial charge >= 0.3 is 0 Å². The number of carbonyl (C=O) groups excluding carboxylic acids is 1. The predicted molar refractivity (Wildman–Crippen MR) is 79.0 cm³/mol. The summed E-state index contributed by atoms with van der Waals surface area (Å²) >= 11 is 11.8. The van der Waals surface area contributed by atoms with Crippen LogP contribution in [0.4, 0.5) is 5.69 Å². The highest BCUT2D eigenvalue weighted by Gasteiger charge is 2.37. The van der Waals surface area contributed by atoms with Crippen molar-refractivity contribution in [2.75, 3.05) is 13.7 Å². The maximum Gasteiger partial charge on any atom is 0.271 e. The Labute approximate surface area is 131 Å². The average Bonchev–Trinajstić information content (AvgIpc) is 2.40. The summed E-state index contributed by atoms with van der Waals surface area (Å²) < 4.78 is 5.39. The van der Waals surface area contributed by atoms with Crippen LogP contribution in [0.5, 0.6) is 0 Å². The minimum Gasteiger partial charge on any atom is -0.376 e. The molecule has 0 saturated heterocycles. The Morgan fingerprint density at radius 1 is 1.48 bits per heavy atom. The van der Waals surface area contributed by atoms with Gasteiger partial charge in [-0.15, -0.1) is 0 Å². The number of nitro groups is 1. The Hall–Kier alpha value is -1.37. The third-order valence-electron chi connectivity index (χ3n) is 3.74. The second-order valence-electron chi connectivity index (χ2n) is 4.97. The first-order chi connectivity index (χ1) is 9.88. The SMILES string of the molecule is COC1(CNC(=O)c2cc([N+](=O)[O-])cc(Cl)c2Cl)CCC1. The Morgan fingerprint density at radius 3 is 2.62 bits per heavy atom. The fourth-order valence-corrected chi connectivity index (χ4v) is 2.61. The summed E-state index contributed by atoms with van der Waals surface area (Å²) in [4.78, 5) is 22.3. The van der Waals surface area contributed by atoms with Gasteiger partial charge in [0.15, 0.2) is 0 Å². The van der Waals surface area contributed by atoms with E-state index in [0.717, 1.165) is 31.4 Å². The third-order valence-corrected chi connectivity index (χ3v) is 4.54. The number of non-ortho nitro benzene ring substituents is 1. The molecule has 8 heteroatoms. The number of benzene rings is 1. The summed E-state index contributed by atoms with van der Waals surface area (Å²) in [5.74, 6) is -0.506. The molecule has 0 spiro atoms. The van der Waals surface area contributed by atoms with Gasteiger partial charge in [-0.3, -0.25) is 14.9 Å². The molecule has 1 amide bonds. The van der Waals surface area contributed by atoms with E-state index in [4.69, 9.17) is 27.9 Å². The smallest absolute Gasteiger partial charge is 0.271 e. The van der Waals surface area contributed by atoms with E-state index in [9.17, 15) is 14.9 Å². The van der Waals surface area contributed by atoms with Gasteiger partial charge in [-0.05, 0) is 19.3 Å². The number of amides is 1. The molecule has 0 bridgehead atoms. The summed E-state index contributed by atoms with van der Waals surface area (Å²) in [5, 5.41) is 13.5. The van der Waals surface area contributed by atoms with Crippen molar-refractivity contribution in [3.05, 3.63) is 37.9 Å². The molecule has 1 aliphatic rings. The van der Waals surface area contributed by atoms with Crippen LogP contribution < -0.4 is 5.32 Å². The first-order valence-corrected chi connectivity index (χ1v) is 7.11. The van der Waals surface area contributed by atoms with Crippen molar-refractivity contribution < 1.29 is 14.5 Å². The van der Waals surface area contributed by atoms with Gasteiger partial charge in [0, 0.05) is 25.8 Å². The van der Waals surface area contributed by atoms with E-state index < -0.39 is 10.8 Å². The highest BCUT2D eigenvalue weighted by molar-refractivity contribution is 6.44. The third kappa shape index (κ3) is 3.28. The molecule has 1 aromatic rings. The lowest BCUT2D eigenvalue weighted by Gasteiger charge is -2.40. The monoisotopic (exact) mass is 332 g/mol. The molecule has 1 aromatic carbocycles. The number of ether oxygens (including phenoxy) is 1. The number of hydrogen-bond donors (Lipinski definition) is 1. The zero-order valence-corrected chi connectivity index (χ0v) is 12.8. The quantitative estimate of drug-likeness (QED) is 0.663. The molecule has 0 atom stereocenters. The molecule has 0 aromatic heterocycles. The molecule has 1 aliphatic carbocycles. The van der Waals surface area contributed by atoms with Crippen LogP contribution in [-0.4, -0.2) is 30.1 Å². The van der Waals surface area contributed by atoms with Crippen LogP contribution in [0, 0.1) is 10.1 Å². The van der Waals surface area contributed by atoms with E-state index in [1.165, 1.54) is 0 Å². The van der Waals surface area contributed by atoms with Gasteiger partial charge < -0.3 is 10.1 Å². The highest BCUT2D eigenvalue weighted by atomic mass is 35.5. The maximum absolute atomic E-state index is 12.2. The van der Waals surface area contributed by atoms with E-state index >= 15 is 0 Å². The minimum atomic E-state index is -0.623. The lowest BCUT2D eigenvalue weighted by atomic mass is 9.80. The molecule has 0 radical (unpaired) electrons. The molecule has 21 heavy (non-hydrogen) atoms. The van der Waals surface area contributed by atoms with Crippen molar-refractivity contribution in [2.45, 2.75) is 24.9 Å². The van der Waals surface area contributed by atoms with Gasteiger partial charge in [0.1, 0.15) is 0 Å². The molecule has 1 fully saturated rings. The van der Waals surface area contributed by atoms with Gasteiger partial charge in [-0.1, -0.05) is 23.2 Å². The second-order valence-corrected chi connectivity index (χ2v) is 5.75. The molecule has 0 unspecified atom stereocenters. The summed E-state index contributed by atoms with van der Waals surface area (Å²) in [6, 6.07) is 2.23. The second kappa shape index (κ2) is 6.17. The van der Waals surface area contributed by atoms with Crippen molar-refractivity contribution in [1.29, 1.82) is 0 Å².